The van der Waals surface area contributed by atoms with Gasteiger partial charge in [0.05, 0.1) is 0 Å². The molecule has 1 unspecified atom stereocenters. The van der Waals surface area contributed by atoms with Crippen LogP contribution in [-0.4, -0.2) is 84.8 Å². The van der Waals surface area contributed by atoms with Crippen LogP contribution in [0.2, 0.25) is 0 Å². The van der Waals surface area contributed by atoms with Crippen LogP contribution in [0.3, 0.4) is 0 Å². The third-order valence-electron chi connectivity index (χ3n) is 6.67. The number of piperidine rings is 1. The van der Waals surface area contributed by atoms with Crippen LogP contribution in [0.5, 0.6) is 0 Å². The number of rotatable bonds is 7. The number of pyridine rings is 1. The van der Waals surface area contributed by atoms with Crippen LogP contribution in [-0.2, 0) is 0 Å². The first kappa shape index (κ1) is 24.8. The molecule has 32 heavy (non-hydrogen) atoms. The summed E-state index contributed by atoms with van der Waals surface area (Å²) in [5, 5.41) is 2.91. The van der Waals surface area contributed by atoms with Crippen molar-refractivity contribution in [2.24, 2.45) is 0 Å². The lowest BCUT2D eigenvalue weighted by molar-refractivity contribution is -0.182. The molecule has 2 fully saturated rings. The standard InChI is InChI=1S/C23H36F3N5O/c1-3-4-11-27-22(32)20-7-5-8-21(28-20)31-13-6-12-30(16-17-31)19-9-14-29(15-10-19)18(2)23(24,25)26/h5,7-8,18-19H,3-4,6,9-17H2,1-2H3,(H,27,32). The van der Waals surface area contributed by atoms with Gasteiger partial charge in [0.1, 0.15) is 17.6 Å². The van der Waals surface area contributed by atoms with Gasteiger partial charge in [0.2, 0.25) is 0 Å². The molecule has 1 amide bonds. The van der Waals surface area contributed by atoms with Crippen LogP contribution < -0.4 is 10.2 Å². The van der Waals surface area contributed by atoms with Crippen LogP contribution in [0.25, 0.3) is 0 Å². The minimum Gasteiger partial charge on any atom is -0.355 e. The normalized spacial score (nSPS) is 20.7. The van der Waals surface area contributed by atoms with Crippen LogP contribution in [0.4, 0.5) is 19.0 Å². The number of alkyl halides is 3. The molecule has 2 aliphatic heterocycles. The second-order valence-corrected chi connectivity index (χ2v) is 8.85. The summed E-state index contributed by atoms with van der Waals surface area (Å²) >= 11 is 0. The fraction of sp³-hybridized carbons (Fsp3) is 0.739. The highest BCUT2D eigenvalue weighted by atomic mass is 19.4. The number of carbonyl (C=O) groups excluding carboxylic acids is 1. The molecule has 6 nitrogen and oxygen atoms in total. The molecule has 0 bridgehead atoms. The third-order valence-corrected chi connectivity index (χ3v) is 6.67. The van der Waals surface area contributed by atoms with Gasteiger partial charge in [-0.25, -0.2) is 4.98 Å². The number of nitrogens with one attached hydrogen (secondary N) is 1. The zero-order valence-electron chi connectivity index (χ0n) is 19.2. The van der Waals surface area contributed by atoms with E-state index in [0.29, 0.717) is 31.4 Å². The summed E-state index contributed by atoms with van der Waals surface area (Å²) in [4.78, 5) is 23.1. The molecular formula is C23H36F3N5O. The number of amides is 1. The molecule has 9 heteroatoms. The van der Waals surface area contributed by atoms with Gasteiger partial charge in [-0.1, -0.05) is 19.4 Å². The number of likely N-dealkylation sites (tertiary alicyclic amines) is 1. The summed E-state index contributed by atoms with van der Waals surface area (Å²) < 4.78 is 39.0. The van der Waals surface area contributed by atoms with Gasteiger partial charge in [-0.2, -0.15) is 13.2 Å². The van der Waals surface area contributed by atoms with Crippen molar-refractivity contribution in [3.63, 3.8) is 0 Å². The summed E-state index contributed by atoms with van der Waals surface area (Å²) in [6.45, 7) is 8.42. The molecule has 2 saturated heterocycles. The molecule has 0 aliphatic carbocycles. The maximum absolute atomic E-state index is 13.0. The smallest absolute Gasteiger partial charge is 0.355 e. The Bertz CT molecular complexity index is 737. The van der Waals surface area contributed by atoms with E-state index in [9.17, 15) is 18.0 Å². The van der Waals surface area contributed by atoms with Crippen LogP contribution in [0, 0.1) is 0 Å². The highest BCUT2D eigenvalue weighted by molar-refractivity contribution is 5.92. The summed E-state index contributed by atoms with van der Waals surface area (Å²) in [5.41, 5.74) is 0.436. The van der Waals surface area contributed by atoms with Crippen molar-refractivity contribution in [1.82, 2.24) is 20.1 Å². The molecule has 0 spiro atoms. The second-order valence-electron chi connectivity index (χ2n) is 8.85. The number of anilines is 1. The van der Waals surface area contributed by atoms with Crippen LogP contribution >= 0.6 is 0 Å². The van der Waals surface area contributed by atoms with Gasteiger partial charge < -0.3 is 10.2 Å². The Balaban J connectivity index is 1.52. The molecule has 3 heterocycles. The average Bonchev–Trinajstić information content (AvgIpc) is 3.05. The van der Waals surface area contributed by atoms with E-state index in [1.165, 1.54) is 6.92 Å². The number of aromatic nitrogens is 1. The van der Waals surface area contributed by atoms with Crippen LogP contribution in [0.1, 0.15) is 56.4 Å². The maximum Gasteiger partial charge on any atom is 0.403 e. The van der Waals surface area contributed by atoms with E-state index in [1.54, 1.807) is 11.0 Å². The van der Waals surface area contributed by atoms with Crippen molar-refractivity contribution >= 4 is 11.7 Å². The molecule has 1 aromatic heterocycles. The topological polar surface area (TPSA) is 51.7 Å². The van der Waals surface area contributed by atoms with Gasteiger partial charge in [0.25, 0.3) is 5.91 Å². The second kappa shape index (κ2) is 11.3. The minimum absolute atomic E-state index is 0.142. The summed E-state index contributed by atoms with van der Waals surface area (Å²) in [6.07, 6.45) is 0.316. The molecule has 1 N–H and O–H groups in total. The summed E-state index contributed by atoms with van der Waals surface area (Å²) in [5.74, 6) is 0.667. The number of unbranched alkanes of at least 4 members (excludes halogenated alkanes) is 1. The highest BCUT2D eigenvalue weighted by Crippen LogP contribution is 2.28. The molecule has 0 radical (unpaired) electrons. The minimum atomic E-state index is -4.16. The number of nitrogens with zero attached hydrogens (tertiary/aromatic N) is 4. The maximum atomic E-state index is 13.0. The number of carbonyl (C=O) groups is 1. The Kier molecular flexibility index (Phi) is 8.76. The Labute approximate surface area is 189 Å². The van der Waals surface area contributed by atoms with Gasteiger partial charge in [-0.05, 0) is 44.7 Å². The predicted molar refractivity (Wildman–Crippen MR) is 120 cm³/mol. The molecular weight excluding hydrogens is 419 g/mol. The van der Waals surface area contributed by atoms with E-state index in [2.05, 4.69) is 27.0 Å². The fourth-order valence-electron chi connectivity index (χ4n) is 4.57. The summed E-state index contributed by atoms with van der Waals surface area (Å²) in [6, 6.07) is 4.51. The molecule has 180 valence electrons. The molecule has 3 rings (SSSR count). The number of hydrogen-bond acceptors (Lipinski definition) is 5. The van der Waals surface area contributed by atoms with E-state index < -0.39 is 12.2 Å². The first-order valence-corrected chi connectivity index (χ1v) is 11.8. The molecule has 0 aromatic carbocycles. The van der Waals surface area contributed by atoms with Crippen molar-refractivity contribution in [2.45, 2.75) is 64.2 Å². The highest BCUT2D eigenvalue weighted by Gasteiger charge is 2.41. The van der Waals surface area contributed by atoms with E-state index in [-0.39, 0.29) is 5.91 Å². The Morgan fingerprint density at radius 1 is 1.16 bits per heavy atom. The largest absolute Gasteiger partial charge is 0.403 e. The molecule has 2 aliphatic rings. The zero-order chi connectivity index (χ0) is 23.1. The van der Waals surface area contributed by atoms with E-state index in [4.69, 9.17) is 0 Å². The van der Waals surface area contributed by atoms with Gasteiger partial charge >= 0.3 is 6.18 Å². The van der Waals surface area contributed by atoms with Crippen LogP contribution in [0.15, 0.2) is 18.2 Å². The van der Waals surface area contributed by atoms with Crippen molar-refractivity contribution < 1.29 is 18.0 Å². The van der Waals surface area contributed by atoms with Gasteiger partial charge in [0.15, 0.2) is 0 Å². The Morgan fingerprint density at radius 3 is 2.59 bits per heavy atom. The first-order chi connectivity index (χ1) is 15.3. The number of halogens is 3. The van der Waals surface area contributed by atoms with Crippen molar-refractivity contribution in [3.8, 4) is 0 Å². The lowest BCUT2D eigenvalue weighted by Crippen LogP contribution is -2.51. The van der Waals surface area contributed by atoms with Gasteiger partial charge in [0, 0.05) is 51.9 Å². The fourth-order valence-corrected chi connectivity index (χ4v) is 4.57. The summed E-state index contributed by atoms with van der Waals surface area (Å²) in [7, 11) is 0. The third kappa shape index (κ3) is 6.57. The number of hydrogen-bond donors (Lipinski definition) is 1. The van der Waals surface area contributed by atoms with E-state index in [0.717, 1.165) is 64.1 Å². The molecule has 0 saturated carbocycles. The van der Waals surface area contributed by atoms with Gasteiger partial charge in [-0.15, -0.1) is 0 Å². The molecule has 1 aromatic rings. The van der Waals surface area contributed by atoms with Crippen molar-refractivity contribution in [1.29, 1.82) is 0 Å². The quantitative estimate of drug-likeness (QED) is 0.638. The zero-order valence-corrected chi connectivity index (χ0v) is 19.2. The van der Waals surface area contributed by atoms with E-state index >= 15 is 0 Å². The lowest BCUT2D eigenvalue weighted by Gasteiger charge is -2.40. The van der Waals surface area contributed by atoms with Crippen molar-refractivity contribution in [2.75, 3.05) is 50.7 Å². The average molecular weight is 456 g/mol. The Hall–Kier alpha value is -1.87. The monoisotopic (exact) mass is 455 g/mol. The lowest BCUT2D eigenvalue weighted by atomic mass is 10.0. The predicted octanol–water partition coefficient (Wildman–Crippen LogP) is 3.54. The van der Waals surface area contributed by atoms with Gasteiger partial charge in [-0.3, -0.25) is 14.6 Å². The SMILES string of the molecule is CCCCNC(=O)c1cccc(N2CCCN(C3CCN(C(C)C(F)(F)F)CC3)CC2)n1. The molecule has 1 atom stereocenters. The van der Waals surface area contributed by atoms with Crippen molar-refractivity contribution in [3.05, 3.63) is 23.9 Å². The Morgan fingerprint density at radius 2 is 1.91 bits per heavy atom. The van der Waals surface area contributed by atoms with E-state index in [1.807, 2.05) is 12.1 Å². The first-order valence-electron chi connectivity index (χ1n) is 11.8.